The van der Waals surface area contributed by atoms with Gasteiger partial charge >= 0.3 is 5.97 Å². The molecule has 1 aliphatic carbocycles. The summed E-state index contributed by atoms with van der Waals surface area (Å²) in [6.45, 7) is 1.32. The van der Waals surface area contributed by atoms with Crippen molar-refractivity contribution in [2.75, 3.05) is 10.6 Å². The number of nitrogens with one attached hydrogen (secondary N) is 2. The van der Waals surface area contributed by atoms with E-state index in [1.807, 2.05) is 0 Å². The van der Waals surface area contributed by atoms with Crippen molar-refractivity contribution in [1.82, 2.24) is 0 Å². The lowest BCUT2D eigenvalue weighted by Gasteiger charge is -2.14. The number of ether oxygens (including phenoxy) is 1. The Labute approximate surface area is 159 Å². The smallest absolute Gasteiger partial charge is 0.339 e. The van der Waals surface area contributed by atoms with Gasteiger partial charge in [0.25, 0.3) is 11.6 Å². The van der Waals surface area contributed by atoms with Crippen LogP contribution in [0.4, 0.5) is 21.5 Å². The van der Waals surface area contributed by atoms with Crippen molar-refractivity contribution in [2.45, 2.75) is 31.9 Å². The van der Waals surface area contributed by atoms with Gasteiger partial charge < -0.3 is 15.4 Å². The molecular formula is C19H18FN3O5. The third kappa shape index (κ3) is 4.61. The maximum atomic E-state index is 13.6. The van der Waals surface area contributed by atoms with Gasteiger partial charge in [-0.3, -0.25) is 14.9 Å². The molecule has 0 aromatic heterocycles. The second kappa shape index (κ2) is 8.03. The fourth-order valence-corrected chi connectivity index (χ4v) is 2.46. The lowest BCUT2D eigenvalue weighted by atomic mass is 10.1. The summed E-state index contributed by atoms with van der Waals surface area (Å²) in [5, 5.41) is 16.6. The zero-order valence-corrected chi connectivity index (χ0v) is 15.0. The molecule has 1 aliphatic rings. The van der Waals surface area contributed by atoms with Crippen LogP contribution < -0.4 is 10.6 Å². The molecule has 8 nitrogen and oxygen atoms in total. The van der Waals surface area contributed by atoms with Crippen LogP contribution in [0.1, 0.15) is 30.1 Å². The van der Waals surface area contributed by atoms with E-state index in [0.29, 0.717) is 5.69 Å². The topological polar surface area (TPSA) is 111 Å². The average molecular weight is 387 g/mol. The number of hydrogen-bond donors (Lipinski definition) is 2. The first-order valence-corrected chi connectivity index (χ1v) is 8.66. The van der Waals surface area contributed by atoms with Crippen LogP contribution in [0.2, 0.25) is 0 Å². The molecule has 0 radical (unpaired) electrons. The van der Waals surface area contributed by atoms with E-state index in [9.17, 15) is 24.1 Å². The van der Waals surface area contributed by atoms with Crippen molar-refractivity contribution < 1.29 is 23.6 Å². The molecule has 0 unspecified atom stereocenters. The predicted octanol–water partition coefficient (Wildman–Crippen LogP) is 3.49. The third-order valence-corrected chi connectivity index (χ3v) is 4.15. The number of nitro benzene ring substituents is 1. The van der Waals surface area contributed by atoms with Crippen LogP contribution in [-0.4, -0.2) is 28.9 Å². The third-order valence-electron chi connectivity index (χ3n) is 4.15. The summed E-state index contributed by atoms with van der Waals surface area (Å²) >= 11 is 0. The van der Waals surface area contributed by atoms with Crippen molar-refractivity contribution in [3.05, 3.63) is 64.0 Å². The van der Waals surface area contributed by atoms with E-state index < -0.39 is 28.7 Å². The van der Waals surface area contributed by atoms with Crippen molar-refractivity contribution >= 4 is 28.9 Å². The Hall–Kier alpha value is -3.49. The van der Waals surface area contributed by atoms with Gasteiger partial charge in [0.05, 0.1) is 16.2 Å². The molecule has 0 bridgehead atoms. The quantitative estimate of drug-likeness (QED) is 0.427. The van der Waals surface area contributed by atoms with Crippen LogP contribution in [0.25, 0.3) is 0 Å². The fourth-order valence-electron chi connectivity index (χ4n) is 2.46. The number of esters is 1. The van der Waals surface area contributed by atoms with Gasteiger partial charge in [0, 0.05) is 12.1 Å². The molecule has 1 atom stereocenters. The van der Waals surface area contributed by atoms with Crippen molar-refractivity contribution in [2.24, 2.45) is 0 Å². The molecule has 2 aromatic rings. The van der Waals surface area contributed by atoms with E-state index in [2.05, 4.69) is 10.6 Å². The van der Waals surface area contributed by atoms with Crippen LogP contribution in [0.3, 0.4) is 0 Å². The summed E-state index contributed by atoms with van der Waals surface area (Å²) in [5.74, 6) is -2.24. The summed E-state index contributed by atoms with van der Waals surface area (Å²) < 4.78 is 18.7. The van der Waals surface area contributed by atoms with Gasteiger partial charge in [-0.05, 0) is 44.0 Å². The second-order valence-corrected chi connectivity index (χ2v) is 6.42. The van der Waals surface area contributed by atoms with Crippen molar-refractivity contribution in [1.29, 1.82) is 0 Å². The van der Waals surface area contributed by atoms with Crippen LogP contribution in [0.15, 0.2) is 42.5 Å². The van der Waals surface area contributed by atoms with Crippen molar-refractivity contribution in [3.63, 3.8) is 0 Å². The second-order valence-electron chi connectivity index (χ2n) is 6.42. The van der Waals surface area contributed by atoms with Crippen LogP contribution in [-0.2, 0) is 9.53 Å². The number of amides is 1. The van der Waals surface area contributed by atoms with E-state index in [1.54, 1.807) is 6.07 Å². The fraction of sp³-hybridized carbons (Fsp3) is 0.263. The number of benzene rings is 2. The first-order chi connectivity index (χ1) is 13.3. The molecule has 0 spiro atoms. The molecule has 3 rings (SSSR count). The highest BCUT2D eigenvalue weighted by atomic mass is 19.1. The number of halogens is 1. The summed E-state index contributed by atoms with van der Waals surface area (Å²) in [5.41, 5.74) is -0.0145. The largest absolute Gasteiger partial charge is 0.449 e. The number of para-hydroxylation sites is 1. The number of nitrogens with zero attached hydrogens (tertiary/aromatic N) is 1. The molecule has 1 fully saturated rings. The molecule has 0 saturated heterocycles. The highest BCUT2D eigenvalue weighted by Gasteiger charge is 2.27. The van der Waals surface area contributed by atoms with Crippen molar-refractivity contribution in [3.8, 4) is 0 Å². The minimum atomic E-state index is -1.23. The molecule has 9 heteroatoms. The monoisotopic (exact) mass is 387 g/mol. The lowest BCUT2D eigenvalue weighted by molar-refractivity contribution is -0.384. The average Bonchev–Trinajstić information content (AvgIpc) is 3.47. The normalized spacial score (nSPS) is 14.1. The molecule has 0 aliphatic heterocycles. The zero-order valence-electron chi connectivity index (χ0n) is 15.0. The van der Waals surface area contributed by atoms with Gasteiger partial charge in [0.15, 0.2) is 6.10 Å². The van der Waals surface area contributed by atoms with E-state index in [4.69, 9.17) is 4.74 Å². The Balaban J connectivity index is 1.67. The number of carbonyl (C=O) groups is 2. The van der Waals surface area contributed by atoms with Gasteiger partial charge in [-0.1, -0.05) is 12.1 Å². The Morgan fingerprint density at radius 1 is 1.21 bits per heavy atom. The Kier molecular flexibility index (Phi) is 5.53. The number of anilines is 2. The SMILES string of the molecule is C[C@@H](OC(=O)c1ccc(NC2CC2)c([N+](=O)[O-])c1)C(=O)Nc1ccccc1F. The Morgan fingerprint density at radius 2 is 1.93 bits per heavy atom. The molecule has 1 saturated carbocycles. The molecule has 0 heterocycles. The summed E-state index contributed by atoms with van der Waals surface area (Å²) in [6.07, 6.45) is 0.654. The van der Waals surface area contributed by atoms with E-state index in [1.165, 1.54) is 37.3 Å². The van der Waals surface area contributed by atoms with Gasteiger partial charge in [-0.25, -0.2) is 9.18 Å². The summed E-state index contributed by atoms with van der Waals surface area (Å²) in [6, 6.07) is 9.72. The number of rotatable bonds is 7. The minimum Gasteiger partial charge on any atom is -0.449 e. The van der Waals surface area contributed by atoms with E-state index in [0.717, 1.165) is 18.9 Å². The Morgan fingerprint density at radius 3 is 2.57 bits per heavy atom. The van der Waals surface area contributed by atoms with Gasteiger partial charge in [-0.2, -0.15) is 0 Å². The van der Waals surface area contributed by atoms with E-state index in [-0.39, 0.29) is 23.0 Å². The maximum Gasteiger partial charge on any atom is 0.339 e. The molecule has 146 valence electrons. The van der Waals surface area contributed by atoms with Crippen LogP contribution in [0, 0.1) is 15.9 Å². The van der Waals surface area contributed by atoms with Gasteiger partial charge in [0.1, 0.15) is 11.5 Å². The number of hydrogen-bond acceptors (Lipinski definition) is 6. The molecule has 2 N–H and O–H groups in total. The molecular weight excluding hydrogens is 369 g/mol. The zero-order chi connectivity index (χ0) is 20.3. The van der Waals surface area contributed by atoms with Gasteiger partial charge in [0.2, 0.25) is 0 Å². The van der Waals surface area contributed by atoms with Crippen LogP contribution in [0.5, 0.6) is 0 Å². The summed E-state index contributed by atoms with van der Waals surface area (Å²) in [4.78, 5) is 35.1. The predicted molar refractivity (Wildman–Crippen MR) is 99.6 cm³/mol. The molecule has 1 amide bonds. The Bertz CT molecular complexity index is 930. The number of nitro groups is 1. The highest BCUT2D eigenvalue weighted by molar-refractivity contribution is 5.97. The number of carbonyl (C=O) groups excluding carboxylic acids is 2. The first-order valence-electron chi connectivity index (χ1n) is 8.66. The minimum absolute atomic E-state index is 0.0402. The summed E-state index contributed by atoms with van der Waals surface area (Å²) in [7, 11) is 0. The van der Waals surface area contributed by atoms with E-state index >= 15 is 0 Å². The van der Waals surface area contributed by atoms with Gasteiger partial charge in [-0.15, -0.1) is 0 Å². The van der Waals surface area contributed by atoms with Crippen LogP contribution >= 0.6 is 0 Å². The maximum absolute atomic E-state index is 13.6. The molecule has 2 aromatic carbocycles. The molecule has 28 heavy (non-hydrogen) atoms. The standard InChI is InChI=1S/C19H18FN3O5/c1-11(18(24)22-15-5-3-2-4-14(15)20)28-19(25)12-6-9-16(21-13-7-8-13)17(10-12)23(26)27/h2-6,9-11,13,21H,7-8H2,1H3,(H,22,24)/t11-/m1/s1. The first kappa shape index (κ1) is 19.3. The highest BCUT2D eigenvalue weighted by Crippen LogP contribution is 2.31. The lowest BCUT2D eigenvalue weighted by Crippen LogP contribution is -2.30.